The fourth-order valence-electron chi connectivity index (χ4n) is 1.14. The number of aliphatic hydroxyl groups is 2. The van der Waals surface area contributed by atoms with Gasteiger partial charge in [0.2, 0.25) is 0 Å². The first kappa shape index (κ1) is 13.3. The van der Waals surface area contributed by atoms with Crippen LogP contribution in [0.3, 0.4) is 0 Å². The number of nitrogens with two attached hydrogens (primary N) is 1. The molecule has 0 aliphatic carbocycles. The van der Waals surface area contributed by atoms with Crippen LogP contribution in [0, 0.1) is 0 Å². The summed E-state index contributed by atoms with van der Waals surface area (Å²) in [6.07, 6.45) is -0.990. The Labute approximate surface area is 98.6 Å². The van der Waals surface area contributed by atoms with Crippen molar-refractivity contribution in [2.75, 3.05) is 26.1 Å². The van der Waals surface area contributed by atoms with E-state index < -0.39 is 18.7 Å². The van der Waals surface area contributed by atoms with Crippen LogP contribution in [-0.4, -0.2) is 42.6 Å². The Balaban J connectivity index is 2.80. The van der Waals surface area contributed by atoms with E-state index in [1.807, 2.05) is 0 Å². The number of hydrogen-bond donors (Lipinski definition) is 3. The predicted octanol–water partition coefficient (Wildman–Crippen LogP) is -0.213. The summed E-state index contributed by atoms with van der Waals surface area (Å²) in [4.78, 5) is 11.3. The molecule has 17 heavy (non-hydrogen) atoms. The van der Waals surface area contributed by atoms with E-state index in [9.17, 15) is 4.79 Å². The molecular formula is C11H15NO5. The number of nitrogen functional groups attached to an aromatic ring is 1. The smallest absolute Gasteiger partial charge is 0.337 e. The lowest BCUT2D eigenvalue weighted by molar-refractivity contribution is 0.0535. The fraction of sp³-hybridized carbons (Fsp3) is 0.364. The molecule has 0 aliphatic rings. The molecule has 1 aromatic rings. The first-order chi connectivity index (χ1) is 8.08. The van der Waals surface area contributed by atoms with Crippen LogP contribution >= 0.6 is 0 Å². The van der Waals surface area contributed by atoms with Gasteiger partial charge in [-0.3, -0.25) is 0 Å². The Bertz CT molecular complexity index is 393. The number of benzene rings is 1. The van der Waals surface area contributed by atoms with E-state index in [1.54, 1.807) is 0 Å². The van der Waals surface area contributed by atoms with E-state index in [0.717, 1.165) is 0 Å². The average molecular weight is 241 g/mol. The molecule has 6 heteroatoms. The third-order valence-electron chi connectivity index (χ3n) is 2.08. The maximum atomic E-state index is 11.3. The van der Waals surface area contributed by atoms with E-state index in [2.05, 4.69) is 4.74 Å². The number of rotatable bonds is 5. The predicted molar refractivity (Wildman–Crippen MR) is 60.8 cm³/mol. The molecule has 1 rings (SSSR count). The van der Waals surface area contributed by atoms with Gasteiger partial charge in [0.05, 0.1) is 25.0 Å². The van der Waals surface area contributed by atoms with Crippen LogP contribution in [-0.2, 0) is 4.74 Å². The van der Waals surface area contributed by atoms with Crippen molar-refractivity contribution >= 4 is 11.7 Å². The second-order valence-corrected chi connectivity index (χ2v) is 3.39. The molecule has 0 aliphatic heterocycles. The van der Waals surface area contributed by atoms with Crippen molar-refractivity contribution in [1.29, 1.82) is 0 Å². The van der Waals surface area contributed by atoms with E-state index in [1.165, 1.54) is 25.3 Å². The quantitative estimate of drug-likeness (QED) is 0.487. The normalized spacial score (nSPS) is 11.9. The van der Waals surface area contributed by atoms with Gasteiger partial charge in [0, 0.05) is 0 Å². The summed E-state index contributed by atoms with van der Waals surface area (Å²) in [5.41, 5.74) is 6.27. The molecule has 4 N–H and O–H groups in total. The summed E-state index contributed by atoms with van der Waals surface area (Å²) in [6, 6.07) is 4.44. The van der Waals surface area contributed by atoms with Crippen LogP contribution in [0.25, 0.3) is 0 Å². The SMILES string of the molecule is COC(=O)c1ccc(N)c(OCC(O)CO)c1. The molecule has 6 nitrogen and oxygen atoms in total. The molecule has 0 bridgehead atoms. The molecule has 0 saturated carbocycles. The highest BCUT2D eigenvalue weighted by atomic mass is 16.5. The molecule has 0 heterocycles. The number of carbonyl (C=O) groups is 1. The Morgan fingerprint density at radius 2 is 2.24 bits per heavy atom. The Hall–Kier alpha value is -1.79. The van der Waals surface area contributed by atoms with Crippen molar-refractivity contribution in [2.45, 2.75) is 6.10 Å². The van der Waals surface area contributed by atoms with E-state index in [4.69, 9.17) is 20.7 Å². The number of hydrogen-bond acceptors (Lipinski definition) is 6. The summed E-state index contributed by atoms with van der Waals surface area (Å²) in [7, 11) is 1.27. The second kappa shape index (κ2) is 6.07. The highest BCUT2D eigenvalue weighted by Gasteiger charge is 2.10. The molecule has 1 unspecified atom stereocenters. The van der Waals surface area contributed by atoms with Gasteiger partial charge in [-0.25, -0.2) is 4.79 Å². The maximum Gasteiger partial charge on any atom is 0.337 e. The number of carbonyl (C=O) groups excluding carboxylic acids is 1. The van der Waals surface area contributed by atoms with E-state index >= 15 is 0 Å². The number of ether oxygens (including phenoxy) is 2. The van der Waals surface area contributed by atoms with Gasteiger partial charge in [-0.1, -0.05) is 0 Å². The van der Waals surface area contributed by atoms with E-state index in [-0.39, 0.29) is 12.4 Å². The van der Waals surface area contributed by atoms with Gasteiger partial charge >= 0.3 is 5.97 Å². The van der Waals surface area contributed by atoms with Gasteiger partial charge in [-0.05, 0) is 18.2 Å². The van der Waals surface area contributed by atoms with Crippen molar-refractivity contribution in [3.05, 3.63) is 23.8 Å². The second-order valence-electron chi connectivity index (χ2n) is 3.39. The zero-order valence-electron chi connectivity index (χ0n) is 9.42. The lowest BCUT2D eigenvalue weighted by Gasteiger charge is -2.12. The van der Waals surface area contributed by atoms with Crippen LogP contribution in [0.1, 0.15) is 10.4 Å². The summed E-state index contributed by atoms with van der Waals surface area (Å²) in [6.45, 7) is -0.512. The molecule has 1 aromatic carbocycles. The molecule has 94 valence electrons. The molecule has 0 fully saturated rings. The van der Waals surface area contributed by atoms with Crippen LogP contribution in [0.2, 0.25) is 0 Å². The van der Waals surface area contributed by atoms with Gasteiger partial charge in [0.15, 0.2) is 0 Å². The lowest BCUT2D eigenvalue weighted by atomic mass is 10.2. The minimum atomic E-state index is -0.990. The lowest BCUT2D eigenvalue weighted by Crippen LogP contribution is -2.21. The summed E-state index contributed by atoms with van der Waals surface area (Å²) in [5, 5.41) is 17.8. The molecule has 0 aromatic heterocycles. The van der Waals surface area contributed by atoms with Crippen molar-refractivity contribution in [2.24, 2.45) is 0 Å². The highest BCUT2D eigenvalue weighted by Crippen LogP contribution is 2.23. The molecule has 0 radical (unpaired) electrons. The van der Waals surface area contributed by atoms with Crippen LogP contribution < -0.4 is 10.5 Å². The number of esters is 1. The first-order valence-electron chi connectivity index (χ1n) is 4.98. The molecule has 0 spiro atoms. The van der Waals surface area contributed by atoms with Crippen molar-refractivity contribution in [1.82, 2.24) is 0 Å². The minimum Gasteiger partial charge on any atom is -0.489 e. The number of aliphatic hydroxyl groups excluding tert-OH is 2. The topological polar surface area (TPSA) is 102 Å². The number of methoxy groups -OCH3 is 1. The van der Waals surface area contributed by atoms with Crippen LogP contribution in [0.15, 0.2) is 18.2 Å². The van der Waals surface area contributed by atoms with Gasteiger partial charge < -0.3 is 25.4 Å². The molecule has 0 saturated heterocycles. The van der Waals surface area contributed by atoms with Crippen molar-refractivity contribution in [3.63, 3.8) is 0 Å². The largest absolute Gasteiger partial charge is 0.489 e. The minimum absolute atomic E-state index is 0.106. The summed E-state index contributed by atoms with van der Waals surface area (Å²) < 4.78 is 9.74. The monoisotopic (exact) mass is 241 g/mol. The fourth-order valence-corrected chi connectivity index (χ4v) is 1.14. The molecule has 1 atom stereocenters. The molecule has 0 amide bonds. The van der Waals surface area contributed by atoms with Gasteiger partial charge in [-0.2, -0.15) is 0 Å². The zero-order valence-corrected chi connectivity index (χ0v) is 9.42. The summed E-state index contributed by atoms with van der Waals surface area (Å²) in [5.74, 6) is -0.238. The van der Waals surface area contributed by atoms with Gasteiger partial charge in [-0.15, -0.1) is 0 Å². The van der Waals surface area contributed by atoms with E-state index in [0.29, 0.717) is 11.3 Å². The van der Waals surface area contributed by atoms with Crippen molar-refractivity contribution in [3.8, 4) is 5.75 Å². The van der Waals surface area contributed by atoms with Crippen molar-refractivity contribution < 1.29 is 24.5 Å². The third kappa shape index (κ3) is 3.61. The summed E-state index contributed by atoms with van der Waals surface area (Å²) >= 11 is 0. The molecular weight excluding hydrogens is 226 g/mol. The van der Waals surface area contributed by atoms with Gasteiger partial charge in [0.1, 0.15) is 18.5 Å². The Morgan fingerprint density at radius 3 is 2.82 bits per heavy atom. The average Bonchev–Trinajstić information content (AvgIpc) is 2.36. The van der Waals surface area contributed by atoms with Crippen LogP contribution in [0.5, 0.6) is 5.75 Å². The third-order valence-corrected chi connectivity index (χ3v) is 2.08. The Morgan fingerprint density at radius 1 is 1.53 bits per heavy atom. The van der Waals surface area contributed by atoms with Gasteiger partial charge in [0.25, 0.3) is 0 Å². The standard InChI is InChI=1S/C11H15NO5/c1-16-11(15)7-2-3-9(12)10(4-7)17-6-8(14)5-13/h2-4,8,13-14H,5-6,12H2,1H3. The number of anilines is 1. The zero-order chi connectivity index (χ0) is 12.8. The van der Waals surface area contributed by atoms with Crippen LogP contribution in [0.4, 0.5) is 5.69 Å². The first-order valence-corrected chi connectivity index (χ1v) is 4.98. The Kier molecular flexibility index (Phi) is 4.74. The highest BCUT2D eigenvalue weighted by molar-refractivity contribution is 5.90. The maximum absolute atomic E-state index is 11.3.